The fraction of sp³-hybridized carbons (Fsp3) is 0.548. The van der Waals surface area contributed by atoms with Gasteiger partial charge >= 0.3 is 12.0 Å². The smallest absolute Gasteiger partial charge is 0.326 e. The first-order valence-electron chi connectivity index (χ1n) is 20.4. The van der Waals surface area contributed by atoms with Crippen molar-refractivity contribution in [2.45, 2.75) is 108 Å². The summed E-state index contributed by atoms with van der Waals surface area (Å²) in [6.45, 7) is 2.79. The third-order valence-electron chi connectivity index (χ3n) is 10.6. The third kappa shape index (κ3) is 15.7. The Kier molecular flexibility index (Phi) is 20.7. The zero-order chi connectivity index (χ0) is 44.2. The minimum absolute atomic E-state index is 0.0406. The number of carboxylic acids is 1. The number of rotatable bonds is 15. The Bertz CT molecular complexity index is 1730. The van der Waals surface area contributed by atoms with Gasteiger partial charge < -0.3 is 52.1 Å². The van der Waals surface area contributed by atoms with Crippen molar-refractivity contribution in [3.8, 4) is 5.75 Å². The molecule has 18 heteroatoms. The average Bonchev–Trinajstić information content (AvgIpc) is 3.23. The lowest BCUT2D eigenvalue weighted by molar-refractivity contribution is -0.143. The van der Waals surface area contributed by atoms with Gasteiger partial charge in [-0.15, -0.1) is 0 Å². The monoisotopic (exact) mass is 855 g/mol. The normalized spacial score (nSPS) is 22.4. The third-order valence-corrected chi connectivity index (χ3v) is 11.2. The fourth-order valence-electron chi connectivity index (χ4n) is 6.69. The van der Waals surface area contributed by atoms with Crippen molar-refractivity contribution < 1.29 is 48.9 Å². The number of phenols is 1. The van der Waals surface area contributed by atoms with Gasteiger partial charge in [-0.25, -0.2) is 9.59 Å². The molecule has 1 saturated heterocycles. The second kappa shape index (κ2) is 25.3. The summed E-state index contributed by atoms with van der Waals surface area (Å²) < 4.78 is 0. The number of carbonyl (C=O) groups excluding carboxylic acids is 6. The molecule has 330 valence electrons. The van der Waals surface area contributed by atoms with Crippen molar-refractivity contribution in [1.29, 1.82) is 0 Å². The molecule has 2 aromatic carbocycles. The Labute approximate surface area is 355 Å². The summed E-state index contributed by atoms with van der Waals surface area (Å²) in [5.74, 6) is -4.54. The van der Waals surface area contributed by atoms with Gasteiger partial charge in [0.05, 0.1) is 6.61 Å². The fourth-order valence-corrected chi connectivity index (χ4v) is 7.16. The molecule has 0 bridgehead atoms. The predicted octanol–water partition coefficient (Wildman–Crippen LogP) is 1.45. The topological polar surface area (TPSA) is 256 Å². The molecule has 9 N–H and O–H groups in total. The number of aromatic hydroxyl groups is 1. The van der Waals surface area contributed by atoms with E-state index in [0.717, 1.165) is 11.1 Å². The summed E-state index contributed by atoms with van der Waals surface area (Å²) in [6, 6.07) is 7.42. The zero-order valence-corrected chi connectivity index (χ0v) is 35.6. The molecule has 0 saturated carbocycles. The van der Waals surface area contributed by atoms with Crippen LogP contribution in [0.15, 0.2) is 54.6 Å². The van der Waals surface area contributed by atoms with Crippen LogP contribution < -0.4 is 31.9 Å². The van der Waals surface area contributed by atoms with Crippen molar-refractivity contribution in [3.05, 3.63) is 65.7 Å². The van der Waals surface area contributed by atoms with Gasteiger partial charge in [-0.2, -0.15) is 11.8 Å². The number of aliphatic hydroxyl groups is 1. The second-order valence-electron chi connectivity index (χ2n) is 15.0. The van der Waals surface area contributed by atoms with E-state index in [9.17, 15) is 48.9 Å². The number of aliphatic carboxylic acids is 1. The van der Waals surface area contributed by atoms with E-state index in [1.165, 1.54) is 35.8 Å². The SMILES string of the molecule is CC[C@H](C)[C@H](NC(=O)N[C@H]1CCCCNC(=O)[C@H](CO)NC(=O)[C@H](CCc2ccc(O)cc2)N(C)C(=O)[C@@H](CCc2ccccc2)NC(=O)[C@@H](CCSC)NC1=O)C(=O)O. The standard InChI is InChI=1S/C42H61N7O10S/c1-5-26(2)35(41(57)58)48-42(59)47-30-13-9-10-23-43-36(52)33(25-50)46-39(55)34(21-17-28-14-18-29(51)19-15-28)49(3)40(56)32(20-16-27-11-7-6-8-12-27)45-38(54)31(22-24-60-4)44-37(30)53/h6-8,11-12,14-15,18-19,26,30-35,50-51H,5,9-10,13,16-17,20-25H2,1-4H3,(H,43,52)(H,44,53)(H,45,54)(H,46,55)(H,57,58)(H2,47,48,59)/t26-,30-,31+,32+,33-,34-,35-/m0/s1. The maximum atomic E-state index is 14.5. The Morgan fingerprint density at radius 1 is 0.833 bits per heavy atom. The molecule has 0 spiro atoms. The molecule has 1 fully saturated rings. The van der Waals surface area contributed by atoms with Gasteiger partial charge in [0, 0.05) is 13.6 Å². The number of nitrogens with zero attached hydrogens (tertiary/aromatic N) is 1. The zero-order valence-electron chi connectivity index (χ0n) is 34.8. The van der Waals surface area contributed by atoms with Crippen LogP contribution in [0, 0.1) is 5.92 Å². The number of carboxylic acid groups (broad SMARTS) is 1. The Hall–Kier alpha value is -5.36. The number of benzene rings is 2. The number of nitrogens with one attached hydrogen (secondary N) is 6. The molecular formula is C42H61N7O10S. The van der Waals surface area contributed by atoms with Crippen LogP contribution in [0.4, 0.5) is 4.79 Å². The summed E-state index contributed by atoms with van der Waals surface area (Å²) >= 11 is 1.43. The number of hydrogen-bond acceptors (Lipinski definition) is 10. The summed E-state index contributed by atoms with van der Waals surface area (Å²) in [5.41, 5.74) is 1.64. The highest BCUT2D eigenvalue weighted by molar-refractivity contribution is 7.98. The number of thioether (sulfide) groups is 1. The van der Waals surface area contributed by atoms with Crippen LogP contribution in [-0.2, 0) is 41.6 Å². The molecule has 17 nitrogen and oxygen atoms in total. The molecule has 7 amide bonds. The van der Waals surface area contributed by atoms with Gasteiger partial charge in [-0.1, -0.05) is 62.7 Å². The van der Waals surface area contributed by atoms with Crippen LogP contribution in [0.25, 0.3) is 0 Å². The van der Waals surface area contributed by atoms with E-state index >= 15 is 0 Å². The van der Waals surface area contributed by atoms with Crippen LogP contribution in [0.2, 0.25) is 0 Å². The predicted molar refractivity (Wildman–Crippen MR) is 227 cm³/mol. The van der Waals surface area contributed by atoms with Crippen molar-refractivity contribution >= 4 is 53.3 Å². The molecule has 0 unspecified atom stereocenters. The molecule has 0 aromatic heterocycles. The number of hydrogen-bond donors (Lipinski definition) is 9. The van der Waals surface area contributed by atoms with Gasteiger partial charge in [-0.3, -0.25) is 24.0 Å². The van der Waals surface area contributed by atoms with Crippen LogP contribution in [0.5, 0.6) is 5.75 Å². The van der Waals surface area contributed by atoms with E-state index < -0.39 is 90.3 Å². The summed E-state index contributed by atoms with van der Waals surface area (Å²) in [4.78, 5) is 96.2. The molecule has 1 aliphatic rings. The Morgan fingerprint density at radius 3 is 2.10 bits per heavy atom. The quantitative estimate of drug-likeness (QED) is 0.124. The number of urea groups is 1. The molecule has 3 rings (SSSR count). The Balaban J connectivity index is 2.02. The minimum atomic E-state index is -1.37. The van der Waals surface area contributed by atoms with Crippen molar-refractivity contribution in [1.82, 2.24) is 36.8 Å². The number of likely N-dealkylation sites (N-methyl/N-ethyl adjacent to an activating group) is 1. The second-order valence-corrected chi connectivity index (χ2v) is 16.0. The molecular weight excluding hydrogens is 795 g/mol. The van der Waals surface area contributed by atoms with Crippen LogP contribution in [0.3, 0.4) is 0 Å². The first kappa shape index (κ1) is 49.0. The lowest BCUT2D eigenvalue weighted by Gasteiger charge is -2.32. The van der Waals surface area contributed by atoms with Crippen molar-refractivity contribution in [3.63, 3.8) is 0 Å². The highest BCUT2D eigenvalue weighted by Crippen LogP contribution is 2.17. The number of aliphatic hydroxyl groups excluding tert-OH is 1. The van der Waals surface area contributed by atoms with Crippen molar-refractivity contribution in [2.24, 2.45) is 5.92 Å². The lowest BCUT2D eigenvalue weighted by Crippen LogP contribution is -2.60. The summed E-state index contributed by atoms with van der Waals surface area (Å²) in [7, 11) is 1.42. The number of amides is 7. The van der Waals surface area contributed by atoms with E-state index in [4.69, 9.17) is 0 Å². The number of carbonyl (C=O) groups is 7. The summed E-state index contributed by atoms with van der Waals surface area (Å²) in [6.07, 6.45) is 3.93. The molecule has 1 heterocycles. The van der Waals surface area contributed by atoms with Gasteiger partial charge in [0.25, 0.3) is 0 Å². The van der Waals surface area contributed by atoms with Gasteiger partial charge in [-0.05, 0) is 92.6 Å². The molecule has 2 aromatic rings. The summed E-state index contributed by atoms with van der Waals surface area (Å²) in [5, 5.41) is 45.6. The lowest BCUT2D eigenvalue weighted by atomic mass is 9.99. The minimum Gasteiger partial charge on any atom is -0.508 e. The highest BCUT2D eigenvalue weighted by atomic mass is 32.2. The van der Waals surface area contributed by atoms with E-state index in [2.05, 4.69) is 31.9 Å². The Morgan fingerprint density at radius 2 is 1.47 bits per heavy atom. The average molecular weight is 856 g/mol. The van der Waals surface area contributed by atoms with Crippen molar-refractivity contribution in [2.75, 3.05) is 32.2 Å². The number of phenolic OH excluding ortho intramolecular Hbond substituents is 1. The van der Waals surface area contributed by atoms with E-state index in [1.54, 1.807) is 26.0 Å². The van der Waals surface area contributed by atoms with E-state index in [1.807, 2.05) is 36.6 Å². The van der Waals surface area contributed by atoms with Crippen LogP contribution in [-0.4, -0.2) is 130 Å². The molecule has 7 atom stereocenters. The van der Waals surface area contributed by atoms with Gasteiger partial charge in [0.2, 0.25) is 29.5 Å². The van der Waals surface area contributed by atoms with E-state index in [0.29, 0.717) is 25.0 Å². The first-order chi connectivity index (χ1) is 28.7. The molecule has 0 aliphatic carbocycles. The van der Waals surface area contributed by atoms with Gasteiger partial charge in [0.1, 0.15) is 42.0 Å². The maximum absolute atomic E-state index is 14.5. The van der Waals surface area contributed by atoms with E-state index in [-0.39, 0.29) is 50.8 Å². The van der Waals surface area contributed by atoms with Crippen LogP contribution in [0.1, 0.15) is 69.9 Å². The first-order valence-corrected chi connectivity index (χ1v) is 21.7. The largest absolute Gasteiger partial charge is 0.508 e. The molecule has 0 radical (unpaired) electrons. The molecule has 60 heavy (non-hydrogen) atoms. The maximum Gasteiger partial charge on any atom is 0.326 e. The van der Waals surface area contributed by atoms with Gasteiger partial charge in [0.15, 0.2) is 0 Å². The molecule has 1 aliphatic heterocycles. The van der Waals surface area contributed by atoms with Crippen LogP contribution >= 0.6 is 11.8 Å². The number of aryl methyl sites for hydroxylation is 2. The highest BCUT2D eigenvalue weighted by Gasteiger charge is 2.36.